The molecule has 1 nitrogen and oxygen atoms in total. The van der Waals surface area contributed by atoms with E-state index in [1.165, 1.54) is 37.8 Å². The number of benzene rings is 1. The molecule has 0 amide bonds. The maximum Gasteiger partial charge on any atom is 0.0498 e. The van der Waals surface area contributed by atoms with Gasteiger partial charge in [0, 0.05) is 20.7 Å². The smallest absolute Gasteiger partial charge is 0.0498 e. The maximum absolute atomic E-state index is 3.71. The number of halogens is 2. The van der Waals surface area contributed by atoms with Crippen LogP contribution in [0.4, 0.5) is 5.69 Å². The van der Waals surface area contributed by atoms with Crippen molar-refractivity contribution in [3.05, 3.63) is 27.1 Å². The van der Waals surface area contributed by atoms with Crippen molar-refractivity contribution in [2.24, 2.45) is 5.92 Å². The van der Waals surface area contributed by atoms with E-state index in [1.54, 1.807) is 0 Å². The summed E-state index contributed by atoms with van der Waals surface area (Å²) in [5.74, 6) is 0.828. The molecule has 1 fully saturated rings. The average molecular weight is 361 g/mol. The SMILES string of the molecule is CCC1CCCCC1Nc1cc(Br)ccc1Br. The summed E-state index contributed by atoms with van der Waals surface area (Å²) in [7, 11) is 0. The Balaban J connectivity index is 2.10. The van der Waals surface area contributed by atoms with E-state index in [2.05, 4.69) is 62.3 Å². The number of hydrogen-bond acceptors (Lipinski definition) is 1. The van der Waals surface area contributed by atoms with Crippen LogP contribution in [0, 0.1) is 5.92 Å². The Bertz CT molecular complexity index is 378. The second kappa shape index (κ2) is 6.24. The minimum absolute atomic E-state index is 0.638. The Hall–Kier alpha value is -0.0200. The monoisotopic (exact) mass is 359 g/mol. The van der Waals surface area contributed by atoms with Crippen molar-refractivity contribution in [2.75, 3.05) is 5.32 Å². The van der Waals surface area contributed by atoms with E-state index in [4.69, 9.17) is 0 Å². The van der Waals surface area contributed by atoms with Gasteiger partial charge in [-0.25, -0.2) is 0 Å². The molecule has 0 radical (unpaired) electrons. The summed E-state index contributed by atoms with van der Waals surface area (Å²) in [5, 5.41) is 3.71. The molecule has 2 atom stereocenters. The Morgan fingerprint density at radius 3 is 2.76 bits per heavy atom. The maximum atomic E-state index is 3.71. The molecule has 17 heavy (non-hydrogen) atoms. The Kier molecular flexibility index (Phi) is 4.92. The van der Waals surface area contributed by atoms with Crippen LogP contribution in [0.25, 0.3) is 0 Å². The van der Waals surface area contributed by atoms with E-state index in [-0.39, 0.29) is 0 Å². The Morgan fingerprint density at radius 1 is 1.24 bits per heavy atom. The van der Waals surface area contributed by atoms with Gasteiger partial charge >= 0.3 is 0 Å². The van der Waals surface area contributed by atoms with Crippen LogP contribution in [0.3, 0.4) is 0 Å². The fourth-order valence-corrected chi connectivity index (χ4v) is 3.42. The molecule has 0 aromatic heterocycles. The quantitative estimate of drug-likeness (QED) is 0.740. The van der Waals surface area contributed by atoms with E-state index in [0.29, 0.717) is 6.04 Å². The second-order valence-electron chi connectivity index (χ2n) is 4.83. The van der Waals surface area contributed by atoms with Gasteiger partial charge in [0.2, 0.25) is 0 Å². The minimum Gasteiger partial charge on any atom is -0.381 e. The van der Waals surface area contributed by atoms with Crippen LogP contribution in [0.1, 0.15) is 39.0 Å². The first kappa shape index (κ1) is 13.4. The lowest BCUT2D eigenvalue weighted by Crippen LogP contribution is -2.31. The molecule has 1 aliphatic carbocycles. The van der Waals surface area contributed by atoms with Crippen LogP contribution in [-0.4, -0.2) is 6.04 Å². The third-order valence-electron chi connectivity index (χ3n) is 3.70. The Morgan fingerprint density at radius 2 is 2.00 bits per heavy atom. The summed E-state index contributed by atoms with van der Waals surface area (Å²) in [6.45, 7) is 2.31. The van der Waals surface area contributed by atoms with Crippen LogP contribution >= 0.6 is 31.9 Å². The number of rotatable bonds is 3. The zero-order valence-corrected chi connectivity index (χ0v) is 13.4. The van der Waals surface area contributed by atoms with E-state index in [1.807, 2.05) is 0 Å². The van der Waals surface area contributed by atoms with E-state index < -0.39 is 0 Å². The standard InChI is InChI=1S/C14H19Br2N/c1-2-10-5-3-4-6-13(10)17-14-9-11(15)7-8-12(14)16/h7-10,13,17H,2-6H2,1H3. The van der Waals surface area contributed by atoms with Crippen molar-refractivity contribution in [1.82, 2.24) is 0 Å². The van der Waals surface area contributed by atoms with Crippen molar-refractivity contribution >= 4 is 37.5 Å². The van der Waals surface area contributed by atoms with Gasteiger partial charge in [-0.1, -0.05) is 42.1 Å². The summed E-state index contributed by atoms with van der Waals surface area (Å²) < 4.78 is 2.29. The second-order valence-corrected chi connectivity index (χ2v) is 6.60. The first-order chi connectivity index (χ1) is 8.20. The van der Waals surface area contributed by atoms with Gasteiger partial charge < -0.3 is 5.32 Å². The summed E-state index contributed by atoms with van der Waals surface area (Å²) in [5.41, 5.74) is 1.21. The highest BCUT2D eigenvalue weighted by atomic mass is 79.9. The topological polar surface area (TPSA) is 12.0 Å². The first-order valence-corrected chi connectivity index (χ1v) is 8.01. The zero-order valence-electron chi connectivity index (χ0n) is 10.2. The molecule has 0 aliphatic heterocycles. The molecule has 1 aliphatic rings. The summed E-state index contributed by atoms with van der Waals surface area (Å²) in [6.07, 6.45) is 6.72. The number of nitrogens with one attached hydrogen (secondary N) is 1. The van der Waals surface area contributed by atoms with Crippen LogP contribution in [0.5, 0.6) is 0 Å². The first-order valence-electron chi connectivity index (χ1n) is 6.42. The van der Waals surface area contributed by atoms with E-state index >= 15 is 0 Å². The molecule has 94 valence electrons. The molecular formula is C14H19Br2N. The number of anilines is 1. The lowest BCUT2D eigenvalue weighted by molar-refractivity contribution is 0.317. The van der Waals surface area contributed by atoms with E-state index in [0.717, 1.165) is 14.9 Å². The third kappa shape index (κ3) is 3.47. The van der Waals surface area contributed by atoms with Gasteiger partial charge in [0.05, 0.1) is 0 Å². The van der Waals surface area contributed by atoms with Gasteiger partial charge in [0.25, 0.3) is 0 Å². The van der Waals surface area contributed by atoms with E-state index in [9.17, 15) is 0 Å². The van der Waals surface area contributed by atoms with Crippen molar-refractivity contribution in [3.8, 4) is 0 Å². The predicted molar refractivity (Wildman–Crippen MR) is 81.5 cm³/mol. The zero-order chi connectivity index (χ0) is 12.3. The minimum atomic E-state index is 0.638. The normalized spacial score (nSPS) is 24.6. The predicted octanol–water partition coefficient (Wildman–Crippen LogP) is 5.59. The fourth-order valence-electron chi connectivity index (χ4n) is 2.69. The molecule has 1 saturated carbocycles. The molecule has 1 N–H and O–H groups in total. The molecule has 1 aromatic carbocycles. The van der Waals surface area contributed by atoms with Crippen molar-refractivity contribution in [3.63, 3.8) is 0 Å². The molecule has 0 bridgehead atoms. The highest BCUT2D eigenvalue weighted by Crippen LogP contribution is 2.33. The van der Waals surface area contributed by atoms with Crippen LogP contribution < -0.4 is 5.32 Å². The summed E-state index contributed by atoms with van der Waals surface area (Å²) >= 11 is 7.15. The van der Waals surface area contributed by atoms with Crippen molar-refractivity contribution in [1.29, 1.82) is 0 Å². The highest BCUT2D eigenvalue weighted by molar-refractivity contribution is 9.11. The van der Waals surface area contributed by atoms with Gasteiger partial charge in [0.1, 0.15) is 0 Å². The third-order valence-corrected chi connectivity index (χ3v) is 4.89. The van der Waals surface area contributed by atoms with Gasteiger partial charge in [-0.15, -0.1) is 0 Å². The van der Waals surface area contributed by atoms with Gasteiger partial charge in [-0.05, 0) is 52.9 Å². The molecule has 3 heteroatoms. The summed E-state index contributed by atoms with van der Waals surface area (Å²) in [4.78, 5) is 0. The van der Waals surface area contributed by atoms with Gasteiger partial charge in [-0.3, -0.25) is 0 Å². The van der Waals surface area contributed by atoms with Crippen LogP contribution in [0.2, 0.25) is 0 Å². The van der Waals surface area contributed by atoms with Gasteiger partial charge in [-0.2, -0.15) is 0 Å². The molecular weight excluding hydrogens is 342 g/mol. The van der Waals surface area contributed by atoms with Gasteiger partial charge in [0.15, 0.2) is 0 Å². The van der Waals surface area contributed by atoms with Crippen molar-refractivity contribution in [2.45, 2.75) is 45.1 Å². The average Bonchev–Trinajstić information content (AvgIpc) is 2.34. The molecule has 0 heterocycles. The summed E-state index contributed by atoms with van der Waals surface area (Å²) in [6, 6.07) is 6.95. The fraction of sp³-hybridized carbons (Fsp3) is 0.571. The molecule has 2 unspecified atom stereocenters. The van der Waals surface area contributed by atoms with Crippen LogP contribution in [0.15, 0.2) is 27.1 Å². The van der Waals surface area contributed by atoms with Crippen LogP contribution in [-0.2, 0) is 0 Å². The number of hydrogen-bond donors (Lipinski definition) is 1. The molecule has 2 rings (SSSR count). The largest absolute Gasteiger partial charge is 0.381 e. The lowest BCUT2D eigenvalue weighted by Gasteiger charge is -2.32. The van der Waals surface area contributed by atoms with Crippen molar-refractivity contribution < 1.29 is 0 Å². The Labute approximate surface area is 121 Å². The molecule has 0 saturated heterocycles. The lowest BCUT2D eigenvalue weighted by atomic mass is 9.83. The highest BCUT2D eigenvalue weighted by Gasteiger charge is 2.23. The molecule has 0 spiro atoms. The molecule has 1 aromatic rings.